The average Bonchev–Trinajstić information content (AvgIpc) is 2.37. The van der Waals surface area contributed by atoms with E-state index in [4.69, 9.17) is 4.74 Å². The molecule has 4 heteroatoms. The predicted octanol–water partition coefficient (Wildman–Crippen LogP) is 0.147. The van der Waals surface area contributed by atoms with Crippen molar-refractivity contribution in [1.29, 1.82) is 0 Å². The van der Waals surface area contributed by atoms with E-state index in [1.54, 1.807) is 4.90 Å². The van der Waals surface area contributed by atoms with E-state index in [1.165, 1.54) is 0 Å². The van der Waals surface area contributed by atoms with Crippen molar-refractivity contribution in [2.24, 2.45) is 0 Å². The van der Waals surface area contributed by atoms with E-state index in [0.29, 0.717) is 25.1 Å². The maximum Gasteiger partial charge on any atom is 0.225 e. The van der Waals surface area contributed by atoms with E-state index in [0.717, 1.165) is 19.4 Å². The maximum atomic E-state index is 11.4. The molecule has 1 aliphatic heterocycles. The number of carbonyl (C=O) groups excluding carboxylic acids is 1. The second kappa shape index (κ2) is 3.87. The van der Waals surface area contributed by atoms with Crippen LogP contribution in [-0.4, -0.2) is 47.3 Å². The molecule has 2 fully saturated rings. The average molecular weight is 199 g/mol. The van der Waals surface area contributed by atoms with Crippen molar-refractivity contribution in [3.63, 3.8) is 0 Å². The molecule has 0 radical (unpaired) electrons. The molecule has 14 heavy (non-hydrogen) atoms. The third-order valence-electron chi connectivity index (χ3n) is 3.05. The van der Waals surface area contributed by atoms with E-state index in [2.05, 4.69) is 0 Å². The number of ether oxygens (including phenoxy) is 1. The molecular formula is C10H17NO3. The van der Waals surface area contributed by atoms with Crippen LogP contribution < -0.4 is 0 Å². The van der Waals surface area contributed by atoms with Gasteiger partial charge in [-0.1, -0.05) is 0 Å². The Labute approximate surface area is 83.8 Å². The second-order valence-electron chi connectivity index (χ2n) is 4.11. The molecular weight excluding hydrogens is 182 g/mol. The van der Waals surface area contributed by atoms with Crippen LogP contribution in [0.2, 0.25) is 0 Å². The lowest BCUT2D eigenvalue weighted by Crippen LogP contribution is -2.49. The Morgan fingerprint density at radius 2 is 2.29 bits per heavy atom. The van der Waals surface area contributed by atoms with Gasteiger partial charge in [0.15, 0.2) is 0 Å². The first kappa shape index (κ1) is 9.93. The van der Waals surface area contributed by atoms with Crippen molar-refractivity contribution in [3.8, 4) is 0 Å². The first-order valence-corrected chi connectivity index (χ1v) is 5.29. The first-order valence-electron chi connectivity index (χ1n) is 5.29. The highest BCUT2D eigenvalue weighted by molar-refractivity contribution is 5.79. The Morgan fingerprint density at radius 1 is 1.57 bits per heavy atom. The highest BCUT2D eigenvalue weighted by Crippen LogP contribution is 2.31. The summed E-state index contributed by atoms with van der Waals surface area (Å²) < 4.78 is 5.43. The predicted molar refractivity (Wildman–Crippen MR) is 50.8 cm³/mol. The molecule has 1 heterocycles. The lowest BCUT2D eigenvalue weighted by molar-refractivity contribution is -0.134. The van der Waals surface area contributed by atoms with Gasteiger partial charge in [0.25, 0.3) is 0 Å². The summed E-state index contributed by atoms with van der Waals surface area (Å²) in [5.74, 6) is 0.0949. The number of aliphatic hydroxyl groups excluding tert-OH is 1. The summed E-state index contributed by atoms with van der Waals surface area (Å²) in [6.45, 7) is 3.24. The number of hydrogen-bond donors (Lipinski definition) is 1. The van der Waals surface area contributed by atoms with Crippen LogP contribution in [-0.2, 0) is 9.53 Å². The molecule has 0 bridgehead atoms. The Kier molecular flexibility index (Phi) is 2.74. The van der Waals surface area contributed by atoms with Gasteiger partial charge in [0, 0.05) is 19.2 Å². The van der Waals surface area contributed by atoms with Crippen molar-refractivity contribution in [3.05, 3.63) is 0 Å². The quantitative estimate of drug-likeness (QED) is 0.703. The number of aliphatic hydroxyl groups is 1. The third-order valence-corrected chi connectivity index (χ3v) is 3.05. The Hall–Kier alpha value is -0.610. The molecule has 80 valence electrons. The van der Waals surface area contributed by atoms with Crippen LogP contribution >= 0.6 is 0 Å². The van der Waals surface area contributed by atoms with E-state index >= 15 is 0 Å². The fourth-order valence-corrected chi connectivity index (χ4v) is 2.23. The highest BCUT2D eigenvalue weighted by atomic mass is 16.5. The molecule has 2 aliphatic rings. The van der Waals surface area contributed by atoms with Gasteiger partial charge < -0.3 is 14.7 Å². The topological polar surface area (TPSA) is 49.8 Å². The number of β-amino-alcohol motifs (C(OH)–C–C–N with tert-alkyl or cyclic N) is 1. The minimum absolute atomic E-state index is 0.0949. The van der Waals surface area contributed by atoms with Crippen LogP contribution in [0.15, 0.2) is 0 Å². The molecule has 1 saturated heterocycles. The third kappa shape index (κ3) is 1.77. The molecule has 0 aromatic carbocycles. The summed E-state index contributed by atoms with van der Waals surface area (Å²) in [6, 6.07) is 0.316. The van der Waals surface area contributed by atoms with Crippen molar-refractivity contribution in [2.45, 2.75) is 44.4 Å². The van der Waals surface area contributed by atoms with E-state index in [-0.39, 0.29) is 5.91 Å². The van der Waals surface area contributed by atoms with E-state index < -0.39 is 6.10 Å². The number of carbonyl (C=O) groups is 1. The number of amides is 1. The summed E-state index contributed by atoms with van der Waals surface area (Å²) in [5.41, 5.74) is 0. The summed E-state index contributed by atoms with van der Waals surface area (Å²) in [5, 5.41) is 9.31. The second-order valence-corrected chi connectivity index (χ2v) is 4.11. The van der Waals surface area contributed by atoms with Gasteiger partial charge in [-0.3, -0.25) is 4.79 Å². The molecule has 2 rings (SSSR count). The van der Waals surface area contributed by atoms with Crippen molar-refractivity contribution in [2.75, 3.05) is 13.2 Å². The van der Waals surface area contributed by atoms with Gasteiger partial charge in [0.05, 0.1) is 18.6 Å². The van der Waals surface area contributed by atoms with Crippen LogP contribution in [0.1, 0.15) is 26.2 Å². The fourth-order valence-electron chi connectivity index (χ4n) is 2.23. The van der Waals surface area contributed by atoms with Gasteiger partial charge in [-0.05, 0) is 19.8 Å². The Balaban J connectivity index is 1.79. The zero-order valence-corrected chi connectivity index (χ0v) is 8.48. The molecule has 1 amide bonds. The molecule has 1 N–H and O–H groups in total. The molecule has 0 aromatic heterocycles. The van der Waals surface area contributed by atoms with E-state index in [9.17, 15) is 9.90 Å². The molecule has 1 atom stereocenters. The molecule has 0 spiro atoms. The van der Waals surface area contributed by atoms with Crippen LogP contribution in [0, 0.1) is 0 Å². The van der Waals surface area contributed by atoms with Crippen molar-refractivity contribution >= 4 is 5.91 Å². The number of hydrogen-bond acceptors (Lipinski definition) is 3. The number of likely N-dealkylation sites (tertiary alicyclic amines) is 1. The first-order chi connectivity index (χ1) is 6.70. The molecule has 0 aromatic rings. The van der Waals surface area contributed by atoms with Gasteiger partial charge in [-0.2, -0.15) is 0 Å². The maximum absolute atomic E-state index is 11.4. The van der Waals surface area contributed by atoms with Crippen molar-refractivity contribution in [1.82, 2.24) is 4.90 Å². The smallest absolute Gasteiger partial charge is 0.225 e. The van der Waals surface area contributed by atoms with Gasteiger partial charge >= 0.3 is 0 Å². The largest absolute Gasteiger partial charge is 0.391 e. The SMILES string of the molecule is CCOC1CC(N2CC(O)CC2=O)C1. The van der Waals surface area contributed by atoms with Gasteiger partial charge in [-0.15, -0.1) is 0 Å². The summed E-state index contributed by atoms with van der Waals surface area (Å²) in [4.78, 5) is 13.2. The van der Waals surface area contributed by atoms with Crippen LogP contribution in [0.4, 0.5) is 0 Å². The number of nitrogens with zero attached hydrogens (tertiary/aromatic N) is 1. The van der Waals surface area contributed by atoms with Gasteiger partial charge in [0.2, 0.25) is 5.91 Å². The monoisotopic (exact) mass is 199 g/mol. The van der Waals surface area contributed by atoms with Gasteiger partial charge in [-0.25, -0.2) is 0 Å². The normalized spacial score (nSPS) is 37.4. The van der Waals surface area contributed by atoms with E-state index in [1.807, 2.05) is 6.92 Å². The molecule has 1 saturated carbocycles. The molecule has 4 nitrogen and oxygen atoms in total. The molecule has 1 aliphatic carbocycles. The summed E-state index contributed by atoms with van der Waals surface area (Å²) >= 11 is 0. The minimum atomic E-state index is -0.450. The summed E-state index contributed by atoms with van der Waals surface area (Å²) in [6.07, 6.45) is 2.05. The highest BCUT2D eigenvalue weighted by Gasteiger charge is 2.40. The molecule has 1 unspecified atom stereocenters. The number of rotatable bonds is 3. The van der Waals surface area contributed by atoms with Crippen molar-refractivity contribution < 1.29 is 14.6 Å². The zero-order valence-electron chi connectivity index (χ0n) is 8.48. The van der Waals surface area contributed by atoms with Crippen LogP contribution in [0.5, 0.6) is 0 Å². The lowest BCUT2D eigenvalue weighted by atomic mass is 9.88. The van der Waals surface area contributed by atoms with Gasteiger partial charge in [0.1, 0.15) is 0 Å². The minimum Gasteiger partial charge on any atom is -0.391 e. The summed E-state index contributed by atoms with van der Waals surface area (Å²) in [7, 11) is 0. The standard InChI is InChI=1S/C10H17NO3/c1-2-14-9-3-7(4-9)11-6-8(12)5-10(11)13/h7-9,12H,2-6H2,1H3. The Bertz CT molecular complexity index is 225. The lowest BCUT2D eigenvalue weighted by Gasteiger charge is -2.40. The van der Waals surface area contributed by atoms with Crippen LogP contribution in [0.3, 0.4) is 0 Å². The zero-order chi connectivity index (χ0) is 10.1. The van der Waals surface area contributed by atoms with Crippen LogP contribution in [0.25, 0.3) is 0 Å². The Morgan fingerprint density at radius 3 is 2.79 bits per heavy atom. The fraction of sp³-hybridized carbons (Fsp3) is 0.900.